The van der Waals surface area contributed by atoms with E-state index in [4.69, 9.17) is 4.74 Å². The molecule has 4 heteroatoms. The lowest BCUT2D eigenvalue weighted by atomic mass is 9.81. The molecule has 22 heavy (non-hydrogen) atoms. The van der Waals surface area contributed by atoms with E-state index in [0.29, 0.717) is 25.7 Å². The molecule has 1 saturated carbocycles. The Balaban J connectivity index is 1.95. The van der Waals surface area contributed by atoms with Crippen LogP contribution in [0, 0.1) is 6.92 Å². The summed E-state index contributed by atoms with van der Waals surface area (Å²) >= 11 is 0. The molecule has 0 unspecified atom stereocenters. The molecular formula is C18H25NO3. The molecular weight excluding hydrogens is 278 g/mol. The number of benzene rings is 1. The number of carbonyl (C=O) groups excluding carboxylic acids is 2. The van der Waals surface area contributed by atoms with Gasteiger partial charge in [-0.3, -0.25) is 4.79 Å². The number of ether oxygens (including phenoxy) is 1. The number of hydrogen-bond donors (Lipinski definition) is 1. The quantitative estimate of drug-likeness (QED) is 0.851. The van der Waals surface area contributed by atoms with E-state index in [0.717, 1.165) is 24.8 Å². The molecule has 2 rings (SSSR count). The Morgan fingerprint density at radius 1 is 1.23 bits per heavy atom. The monoisotopic (exact) mass is 303 g/mol. The van der Waals surface area contributed by atoms with Gasteiger partial charge in [0.05, 0.1) is 7.11 Å². The number of amides is 1. The van der Waals surface area contributed by atoms with E-state index >= 15 is 0 Å². The Morgan fingerprint density at radius 3 is 2.59 bits per heavy atom. The van der Waals surface area contributed by atoms with Gasteiger partial charge in [0, 0.05) is 6.42 Å². The molecule has 0 aromatic heterocycles. The number of esters is 1. The molecule has 1 fully saturated rings. The first kappa shape index (κ1) is 16.5. The third-order valence-corrected chi connectivity index (χ3v) is 4.39. The first-order chi connectivity index (χ1) is 10.6. The first-order valence-electron chi connectivity index (χ1n) is 8.01. The van der Waals surface area contributed by atoms with Crippen LogP contribution < -0.4 is 5.32 Å². The summed E-state index contributed by atoms with van der Waals surface area (Å²) < 4.78 is 4.92. The zero-order valence-corrected chi connectivity index (χ0v) is 13.5. The molecule has 1 aliphatic carbocycles. The van der Waals surface area contributed by atoms with Crippen LogP contribution in [0.4, 0.5) is 0 Å². The second-order valence-electron chi connectivity index (χ2n) is 6.17. The Kier molecular flexibility index (Phi) is 5.58. The van der Waals surface area contributed by atoms with Crippen molar-refractivity contribution in [3.05, 3.63) is 35.4 Å². The molecule has 120 valence electrons. The first-order valence-corrected chi connectivity index (χ1v) is 8.01. The second kappa shape index (κ2) is 7.43. The van der Waals surface area contributed by atoms with Gasteiger partial charge in [-0.2, -0.15) is 0 Å². The maximum Gasteiger partial charge on any atom is 0.331 e. The number of rotatable bonds is 5. The van der Waals surface area contributed by atoms with Crippen molar-refractivity contribution >= 4 is 11.9 Å². The van der Waals surface area contributed by atoms with Gasteiger partial charge in [0.25, 0.3) is 0 Å². The highest BCUT2D eigenvalue weighted by Gasteiger charge is 2.41. The molecule has 0 radical (unpaired) electrons. The Morgan fingerprint density at radius 2 is 1.95 bits per heavy atom. The highest BCUT2D eigenvalue weighted by molar-refractivity contribution is 5.88. The van der Waals surface area contributed by atoms with E-state index in [1.54, 1.807) is 0 Å². The summed E-state index contributed by atoms with van der Waals surface area (Å²) in [6.45, 7) is 2.04. The van der Waals surface area contributed by atoms with Crippen LogP contribution in [0.2, 0.25) is 0 Å². The largest absolute Gasteiger partial charge is 0.467 e. The summed E-state index contributed by atoms with van der Waals surface area (Å²) in [6, 6.07) is 8.15. The molecule has 1 aromatic rings. The predicted octanol–water partition coefficient (Wildman–Crippen LogP) is 2.92. The Hall–Kier alpha value is -1.84. The van der Waals surface area contributed by atoms with Gasteiger partial charge in [0.2, 0.25) is 5.91 Å². The molecule has 1 N–H and O–H groups in total. The highest BCUT2D eigenvalue weighted by Crippen LogP contribution is 2.29. The SMILES string of the molecule is COC(=O)C1(NC(=O)CCc2cccc(C)c2)CCCCC1. The van der Waals surface area contributed by atoms with Gasteiger partial charge in [-0.15, -0.1) is 0 Å². The van der Waals surface area contributed by atoms with Crippen molar-refractivity contribution in [3.63, 3.8) is 0 Å². The molecule has 1 aromatic carbocycles. The van der Waals surface area contributed by atoms with Crippen molar-refractivity contribution in [2.24, 2.45) is 0 Å². The highest BCUT2D eigenvalue weighted by atomic mass is 16.5. The van der Waals surface area contributed by atoms with E-state index in [2.05, 4.69) is 11.4 Å². The van der Waals surface area contributed by atoms with Crippen LogP contribution in [-0.4, -0.2) is 24.5 Å². The zero-order valence-electron chi connectivity index (χ0n) is 13.5. The molecule has 0 heterocycles. The summed E-state index contributed by atoms with van der Waals surface area (Å²) in [5.74, 6) is -0.384. The van der Waals surface area contributed by atoms with Crippen molar-refractivity contribution in [2.75, 3.05) is 7.11 Å². The molecule has 0 aliphatic heterocycles. The summed E-state index contributed by atoms with van der Waals surface area (Å²) in [7, 11) is 1.39. The molecule has 0 saturated heterocycles. The average molecular weight is 303 g/mol. The number of hydrogen-bond acceptors (Lipinski definition) is 3. The van der Waals surface area contributed by atoms with E-state index < -0.39 is 5.54 Å². The van der Waals surface area contributed by atoms with E-state index in [1.807, 2.05) is 25.1 Å². The van der Waals surface area contributed by atoms with Gasteiger partial charge in [0.15, 0.2) is 0 Å². The molecule has 0 bridgehead atoms. The summed E-state index contributed by atoms with van der Waals surface area (Å²) in [6.07, 6.45) is 5.44. The third-order valence-electron chi connectivity index (χ3n) is 4.39. The minimum atomic E-state index is -0.809. The summed E-state index contributed by atoms with van der Waals surface area (Å²) in [4.78, 5) is 24.4. The van der Waals surface area contributed by atoms with Gasteiger partial charge < -0.3 is 10.1 Å². The summed E-state index contributed by atoms with van der Waals surface area (Å²) in [5.41, 5.74) is 1.53. The van der Waals surface area contributed by atoms with Crippen molar-refractivity contribution in [3.8, 4) is 0 Å². The van der Waals surface area contributed by atoms with Crippen LogP contribution in [0.3, 0.4) is 0 Å². The average Bonchev–Trinajstić information content (AvgIpc) is 2.53. The maximum absolute atomic E-state index is 12.3. The fourth-order valence-electron chi connectivity index (χ4n) is 3.19. The van der Waals surface area contributed by atoms with Crippen LogP contribution in [-0.2, 0) is 20.7 Å². The second-order valence-corrected chi connectivity index (χ2v) is 6.17. The van der Waals surface area contributed by atoms with Crippen molar-refractivity contribution in [1.29, 1.82) is 0 Å². The van der Waals surface area contributed by atoms with Crippen molar-refractivity contribution in [1.82, 2.24) is 5.32 Å². The molecule has 0 atom stereocenters. The van der Waals surface area contributed by atoms with Crippen molar-refractivity contribution < 1.29 is 14.3 Å². The lowest BCUT2D eigenvalue weighted by molar-refractivity contribution is -0.152. The van der Waals surface area contributed by atoms with Crippen LogP contribution in [0.25, 0.3) is 0 Å². The minimum absolute atomic E-state index is 0.0752. The normalized spacial score (nSPS) is 16.8. The third kappa shape index (κ3) is 4.09. The molecule has 1 amide bonds. The Labute approximate surface area is 132 Å². The van der Waals surface area contributed by atoms with Gasteiger partial charge in [-0.25, -0.2) is 4.79 Å². The lowest BCUT2D eigenvalue weighted by Crippen LogP contribution is -2.56. The lowest BCUT2D eigenvalue weighted by Gasteiger charge is -2.35. The van der Waals surface area contributed by atoms with Crippen LogP contribution in [0.15, 0.2) is 24.3 Å². The van der Waals surface area contributed by atoms with E-state index in [1.165, 1.54) is 12.7 Å². The number of nitrogens with one attached hydrogen (secondary N) is 1. The van der Waals surface area contributed by atoms with Crippen LogP contribution in [0.5, 0.6) is 0 Å². The number of aryl methyl sites for hydroxylation is 2. The van der Waals surface area contributed by atoms with Crippen molar-refractivity contribution in [2.45, 2.75) is 57.4 Å². The number of carbonyl (C=O) groups is 2. The Bertz CT molecular complexity index is 533. The van der Waals surface area contributed by atoms with Gasteiger partial charge in [0.1, 0.15) is 5.54 Å². The molecule has 1 aliphatic rings. The van der Waals surface area contributed by atoms with Crippen LogP contribution >= 0.6 is 0 Å². The fraction of sp³-hybridized carbons (Fsp3) is 0.556. The van der Waals surface area contributed by atoms with Gasteiger partial charge in [-0.05, 0) is 31.7 Å². The van der Waals surface area contributed by atoms with Gasteiger partial charge >= 0.3 is 5.97 Å². The summed E-state index contributed by atoms with van der Waals surface area (Å²) in [5, 5.41) is 2.95. The fourth-order valence-corrected chi connectivity index (χ4v) is 3.19. The molecule has 4 nitrogen and oxygen atoms in total. The minimum Gasteiger partial charge on any atom is -0.467 e. The molecule has 0 spiro atoms. The smallest absolute Gasteiger partial charge is 0.331 e. The predicted molar refractivity (Wildman–Crippen MR) is 85.5 cm³/mol. The topological polar surface area (TPSA) is 55.4 Å². The van der Waals surface area contributed by atoms with E-state index in [9.17, 15) is 9.59 Å². The van der Waals surface area contributed by atoms with Gasteiger partial charge in [-0.1, -0.05) is 49.1 Å². The maximum atomic E-state index is 12.3. The van der Waals surface area contributed by atoms with Crippen LogP contribution in [0.1, 0.15) is 49.7 Å². The standard InChI is InChI=1S/C18H25NO3/c1-14-7-6-8-15(13-14)9-10-16(20)19-18(17(21)22-2)11-4-3-5-12-18/h6-8,13H,3-5,9-12H2,1-2H3,(H,19,20). The zero-order chi connectivity index (χ0) is 16.0. The number of methoxy groups -OCH3 is 1. The van der Waals surface area contributed by atoms with E-state index in [-0.39, 0.29) is 11.9 Å².